The lowest BCUT2D eigenvalue weighted by atomic mass is 10.3. The molecule has 3 unspecified atom stereocenters. The number of nitrogens with zero attached hydrogens (tertiary/aromatic N) is 2. The number of halogens is 1. The Morgan fingerprint density at radius 2 is 2.24 bits per heavy atom. The van der Waals surface area contributed by atoms with Gasteiger partial charge in [-0.1, -0.05) is 25.5 Å². The molecule has 90 valence electrons. The molecule has 1 aromatic carbocycles. The average molecular weight is 249 g/mol. The number of hydrogen-bond donors (Lipinski definition) is 0. The van der Waals surface area contributed by atoms with Crippen LogP contribution in [0.15, 0.2) is 24.3 Å². The largest absolute Gasteiger partial charge is 0.323 e. The number of rotatable bonds is 3. The Balaban J connectivity index is 2.16. The molecular weight excluding hydrogens is 232 g/mol. The van der Waals surface area contributed by atoms with Crippen LogP contribution in [-0.4, -0.2) is 9.55 Å². The molecule has 3 atom stereocenters. The van der Waals surface area contributed by atoms with Gasteiger partial charge >= 0.3 is 0 Å². The van der Waals surface area contributed by atoms with Gasteiger partial charge in [-0.2, -0.15) is 0 Å². The first-order valence-electron chi connectivity index (χ1n) is 6.33. The highest BCUT2D eigenvalue weighted by Crippen LogP contribution is 2.48. The van der Waals surface area contributed by atoms with Crippen LogP contribution < -0.4 is 0 Å². The lowest BCUT2D eigenvalue weighted by Crippen LogP contribution is -2.03. The predicted molar refractivity (Wildman–Crippen MR) is 71.4 cm³/mol. The van der Waals surface area contributed by atoms with E-state index < -0.39 is 0 Å². The molecule has 2 nitrogen and oxygen atoms in total. The van der Waals surface area contributed by atoms with Gasteiger partial charge < -0.3 is 4.57 Å². The van der Waals surface area contributed by atoms with Crippen molar-refractivity contribution in [3.8, 4) is 0 Å². The summed E-state index contributed by atoms with van der Waals surface area (Å²) in [7, 11) is 0. The van der Waals surface area contributed by atoms with Crippen LogP contribution in [0.5, 0.6) is 0 Å². The summed E-state index contributed by atoms with van der Waals surface area (Å²) in [6.45, 7) is 4.26. The smallest absolute Gasteiger partial charge is 0.127 e. The number of hydrogen-bond acceptors (Lipinski definition) is 1. The second-order valence-corrected chi connectivity index (χ2v) is 5.57. The number of fused-ring (bicyclic) bond motifs is 1. The molecule has 0 amide bonds. The topological polar surface area (TPSA) is 17.8 Å². The summed E-state index contributed by atoms with van der Waals surface area (Å²) in [6.07, 6.45) is 2.51. The Morgan fingerprint density at radius 1 is 1.47 bits per heavy atom. The first-order chi connectivity index (χ1) is 8.22. The van der Waals surface area contributed by atoms with E-state index in [2.05, 4.69) is 34.7 Å². The van der Waals surface area contributed by atoms with Crippen molar-refractivity contribution in [3.63, 3.8) is 0 Å². The maximum Gasteiger partial charge on any atom is 0.127 e. The molecule has 1 aromatic heterocycles. The van der Waals surface area contributed by atoms with Crippen molar-refractivity contribution >= 4 is 22.6 Å². The number of benzene rings is 1. The normalized spacial score (nSPS) is 25.1. The number of alkyl halides is 1. The molecule has 0 bridgehead atoms. The SMILES string of the molecule is CCC1CC1n1c(C(C)Cl)nc2ccccc21. The highest BCUT2D eigenvalue weighted by molar-refractivity contribution is 6.20. The van der Waals surface area contributed by atoms with Crippen LogP contribution >= 0.6 is 11.6 Å². The molecule has 0 aliphatic heterocycles. The Labute approximate surface area is 107 Å². The zero-order valence-corrected chi connectivity index (χ0v) is 11.0. The van der Waals surface area contributed by atoms with Crippen molar-refractivity contribution in [3.05, 3.63) is 30.1 Å². The molecule has 1 heterocycles. The van der Waals surface area contributed by atoms with E-state index in [4.69, 9.17) is 11.6 Å². The molecule has 0 N–H and O–H groups in total. The second-order valence-electron chi connectivity index (χ2n) is 4.92. The van der Waals surface area contributed by atoms with Crippen LogP contribution in [-0.2, 0) is 0 Å². The molecule has 3 rings (SSSR count). The van der Waals surface area contributed by atoms with Crippen molar-refractivity contribution in [1.82, 2.24) is 9.55 Å². The van der Waals surface area contributed by atoms with E-state index in [0.717, 1.165) is 17.3 Å². The molecule has 1 saturated carbocycles. The summed E-state index contributed by atoms with van der Waals surface area (Å²) >= 11 is 6.26. The van der Waals surface area contributed by atoms with Crippen LogP contribution in [0.4, 0.5) is 0 Å². The lowest BCUT2D eigenvalue weighted by molar-refractivity contribution is 0.624. The molecule has 17 heavy (non-hydrogen) atoms. The van der Waals surface area contributed by atoms with E-state index in [0.29, 0.717) is 6.04 Å². The minimum Gasteiger partial charge on any atom is -0.323 e. The number of aromatic nitrogens is 2. The van der Waals surface area contributed by atoms with Crippen LogP contribution in [0.1, 0.15) is 43.9 Å². The van der Waals surface area contributed by atoms with Gasteiger partial charge in [0, 0.05) is 6.04 Å². The third-order valence-electron chi connectivity index (χ3n) is 3.72. The summed E-state index contributed by atoms with van der Waals surface area (Å²) in [4.78, 5) is 4.67. The van der Waals surface area contributed by atoms with Crippen molar-refractivity contribution in [2.45, 2.75) is 38.1 Å². The Hall–Kier alpha value is -1.02. The third kappa shape index (κ3) is 1.75. The summed E-state index contributed by atoms with van der Waals surface area (Å²) in [5.74, 6) is 1.83. The van der Waals surface area contributed by atoms with E-state index in [-0.39, 0.29) is 5.38 Å². The van der Waals surface area contributed by atoms with Crippen molar-refractivity contribution in [2.75, 3.05) is 0 Å². The van der Waals surface area contributed by atoms with Gasteiger partial charge in [-0.3, -0.25) is 0 Å². The van der Waals surface area contributed by atoms with Crippen LogP contribution in [0.2, 0.25) is 0 Å². The summed E-state index contributed by atoms with van der Waals surface area (Å²) in [5, 5.41) is -0.0273. The molecule has 0 spiro atoms. The fraction of sp³-hybridized carbons (Fsp3) is 0.500. The zero-order chi connectivity index (χ0) is 12.0. The van der Waals surface area contributed by atoms with Crippen molar-refractivity contribution in [1.29, 1.82) is 0 Å². The minimum absolute atomic E-state index is 0.0273. The van der Waals surface area contributed by atoms with Gasteiger partial charge in [-0.05, 0) is 31.4 Å². The predicted octanol–water partition coefficient (Wildman–Crippen LogP) is 4.31. The van der Waals surface area contributed by atoms with E-state index in [9.17, 15) is 0 Å². The quantitative estimate of drug-likeness (QED) is 0.741. The van der Waals surface area contributed by atoms with E-state index in [1.54, 1.807) is 0 Å². The first kappa shape index (κ1) is 11.1. The second kappa shape index (κ2) is 4.02. The molecule has 2 aromatic rings. The molecular formula is C14H17ClN2. The molecule has 0 radical (unpaired) electrons. The van der Waals surface area contributed by atoms with Gasteiger partial charge in [-0.25, -0.2) is 4.98 Å². The Bertz CT molecular complexity index is 544. The van der Waals surface area contributed by atoms with Gasteiger partial charge in [0.05, 0.1) is 16.4 Å². The first-order valence-corrected chi connectivity index (χ1v) is 6.77. The van der Waals surface area contributed by atoms with Crippen molar-refractivity contribution < 1.29 is 0 Å². The molecule has 3 heteroatoms. The Kier molecular flexibility index (Phi) is 2.62. The van der Waals surface area contributed by atoms with Crippen LogP contribution in [0.3, 0.4) is 0 Å². The van der Waals surface area contributed by atoms with Gasteiger partial charge in [0.1, 0.15) is 5.82 Å². The average Bonchev–Trinajstić information content (AvgIpc) is 3.00. The standard InChI is InChI=1S/C14H17ClN2/c1-3-10-8-13(10)17-12-7-5-4-6-11(12)16-14(17)9(2)15/h4-7,9-10,13H,3,8H2,1-2H3. The van der Waals surface area contributed by atoms with E-state index >= 15 is 0 Å². The van der Waals surface area contributed by atoms with Gasteiger partial charge in [-0.15, -0.1) is 11.6 Å². The van der Waals surface area contributed by atoms with Crippen LogP contribution in [0.25, 0.3) is 11.0 Å². The Morgan fingerprint density at radius 3 is 2.88 bits per heavy atom. The lowest BCUT2D eigenvalue weighted by Gasteiger charge is -2.09. The summed E-state index contributed by atoms with van der Waals surface area (Å²) in [5.41, 5.74) is 2.30. The summed E-state index contributed by atoms with van der Waals surface area (Å²) in [6, 6.07) is 8.94. The fourth-order valence-electron chi connectivity index (χ4n) is 2.68. The molecule has 0 saturated heterocycles. The monoisotopic (exact) mass is 248 g/mol. The number of para-hydroxylation sites is 2. The maximum atomic E-state index is 6.26. The highest BCUT2D eigenvalue weighted by atomic mass is 35.5. The van der Waals surface area contributed by atoms with E-state index in [1.165, 1.54) is 18.4 Å². The molecule has 1 fully saturated rings. The van der Waals surface area contributed by atoms with Crippen molar-refractivity contribution in [2.24, 2.45) is 5.92 Å². The summed E-state index contributed by atoms with van der Waals surface area (Å²) < 4.78 is 2.36. The molecule has 1 aliphatic rings. The van der Waals surface area contributed by atoms with Crippen LogP contribution in [0, 0.1) is 5.92 Å². The number of imidazole rings is 1. The van der Waals surface area contributed by atoms with Gasteiger partial charge in [0.2, 0.25) is 0 Å². The fourth-order valence-corrected chi connectivity index (χ4v) is 2.83. The minimum atomic E-state index is -0.0273. The highest BCUT2D eigenvalue weighted by Gasteiger charge is 2.39. The third-order valence-corrected chi connectivity index (χ3v) is 3.92. The maximum absolute atomic E-state index is 6.26. The van der Waals surface area contributed by atoms with E-state index in [1.807, 2.05) is 13.0 Å². The molecule has 1 aliphatic carbocycles. The van der Waals surface area contributed by atoms with Gasteiger partial charge in [0.25, 0.3) is 0 Å². The zero-order valence-electron chi connectivity index (χ0n) is 10.2. The van der Waals surface area contributed by atoms with Gasteiger partial charge in [0.15, 0.2) is 0 Å².